The maximum absolute atomic E-state index is 11.6. The predicted octanol–water partition coefficient (Wildman–Crippen LogP) is 2.03. The third-order valence-corrected chi connectivity index (χ3v) is 3.77. The standard InChI is InChI=1S/C14H20N2O3/c1-9-14(2,6-7-19-9)16-10-4-5-12(15)11(8-10)13(17)18-3/h4-5,8-9,16H,6-7,15H2,1-3H3. The van der Waals surface area contributed by atoms with Gasteiger partial charge in [-0.15, -0.1) is 0 Å². The molecule has 1 heterocycles. The van der Waals surface area contributed by atoms with Gasteiger partial charge in [0.2, 0.25) is 0 Å². The maximum atomic E-state index is 11.6. The molecule has 1 aromatic rings. The number of nitrogens with one attached hydrogen (secondary N) is 1. The summed E-state index contributed by atoms with van der Waals surface area (Å²) in [5.74, 6) is -0.429. The predicted molar refractivity (Wildman–Crippen MR) is 74.3 cm³/mol. The Morgan fingerprint density at radius 1 is 1.58 bits per heavy atom. The van der Waals surface area contributed by atoms with Crippen molar-refractivity contribution in [3.05, 3.63) is 23.8 Å². The summed E-state index contributed by atoms with van der Waals surface area (Å²) in [6.07, 6.45) is 1.04. The molecule has 1 aliphatic heterocycles. The lowest BCUT2D eigenvalue weighted by Gasteiger charge is -2.30. The smallest absolute Gasteiger partial charge is 0.340 e. The molecule has 0 spiro atoms. The van der Waals surface area contributed by atoms with E-state index in [4.69, 9.17) is 15.2 Å². The molecule has 104 valence electrons. The van der Waals surface area contributed by atoms with Gasteiger partial charge in [-0.05, 0) is 38.5 Å². The lowest BCUT2D eigenvalue weighted by molar-refractivity contribution is 0.0602. The number of benzene rings is 1. The summed E-state index contributed by atoms with van der Waals surface area (Å²) in [4.78, 5) is 11.6. The van der Waals surface area contributed by atoms with Crippen molar-refractivity contribution in [1.29, 1.82) is 0 Å². The average molecular weight is 264 g/mol. The number of anilines is 2. The van der Waals surface area contributed by atoms with E-state index in [1.807, 2.05) is 13.0 Å². The molecule has 0 amide bonds. The van der Waals surface area contributed by atoms with E-state index in [0.717, 1.165) is 18.7 Å². The number of hydrogen-bond donors (Lipinski definition) is 2. The summed E-state index contributed by atoms with van der Waals surface area (Å²) < 4.78 is 10.3. The summed E-state index contributed by atoms with van der Waals surface area (Å²) >= 11 is 0. The highest BCUT2D eigenvalue weighted by molar-refractivity contribution is 5.96. The van der Waals surface area contributed by atoms with Gasteiger partial charge in [-0.1, -0.05) is 0 Å². The Morgan fingerprint density at radius 3 is 2.89 bits per heavy atom. The Morgan fingerprint density at radius 2 is 2.32 bits per heavy atom. The number of rotatable bonds is 3. The molecule has 0 aromatic heterocycles. The second-order valence-corrected chi connectivity index (χ2v) is 5.10. The van der Waals surface area contributed by atoms with Crippen molar-refractivity contribution in [2.24, 2.45) is 0 Å². The van der Waals surface area contributed by atoms with Gasteiger partial charge < -0.3 is 20.5 Å². The highest BCUT2D eigenvalue weighted by Gasteiger charge is 2.36. The van der Waals surface area contributed by atoms with Crippen molar-refractivity contribution in [1.82, 2.24) is 0 Å². The minimum absolute atomic E-state index is 0.117. The van der Waals surface area contributed by atoms with Gasteiger partial charge in [-0.2, -0.15) is 0 Å². The Bertz CT molecular complexity index is 490. The number of nitrogen functional groups attached to an aromatic ring is 1. The molecule has 0 saturated carbocycles. The minimum Gasteiger partial charge on any atom is -0.465 e. The molecular formula is C14H20N2O3. The molecule has 2 rings (SSSR count). The molecule has 0 aliphatic carbocycles. The molecular weight excluding hydrogens is 244 g/mol. The fourth-order valence-electron chi connectivity index (χ4n) is 2.25. The van der Waals surface area contributed by atoms with Crippen LogP contribution in [-0.4, -0.2) is 31.3 Å². The van der Waals surface area contributed by atoms with Crippen molar-refractivity contribution in [3.63, 3.8) is 0 Å². The molecule has 1 aliphatic rings. The summed E-state index contributed by atoms with van der Waals surface area (Å²) in [5.41, 5.74) is 7.28. The molecule has 1 fully saturated rings. The van der Waals surface area contributed by atoms with E-state index in [2.05, 4.69) is 12.2 Å². The molecule has 3 N–H and O–H groups in total. The normalized spacial score (nSPS) is 26.2. The van der Waals surface area contributed by atoms with Crippen LogP contribution in [0, 0.1) is 0 Å². The number of carbonyl (C=O) groups is 1. The van der Waals surface area contributed by atoms with Crippen LogP contribution in [0.5, 0.6) is 0 Å². The first-order chi connectivity index (χ1) is 8.96. The largest absolute Gasteiger partial charge is 0.465 e. The van der Waals surface area contributed by atoms with Crippen LogP contribution in [0.1, 0.15) is 30.6 Å². The number of nitrogens with two attached hydrogens (primary N) is 1. The number of hydrogen-bond acceptors (Lipinski definition) is 5. The topological polar surface area (TPSA) is 73.6 Å². The Kier molecular flexibility index (Phi) is 3.66. The molecule has 1 aromatic carbocycles. The second kappa shape index (κ2) is 5.09. The Balaban J connectivity index is 2.24. The van der Waals surface area contributed by atoms with Gasteiger partial charge in [0.25, 0.3) is 0 Å². The van der Waals surface area contributed by atoms with Crippen molar-refractivity contribution >= 4 is 17.3 Å². The number of ether oxygens (including phenoxy) is 2. The Hall–Kier alpha value is -1.75. The summed E-state index contributed by atoms with van der Waals surface area (Å²) in [6.45, 7) is 4.89. The first kappa shape index (κ1) is 13.7. The quantitative estimate of drug-likeness (QED) is 0.645. The van der Waals surface area contributed by atoms with Gasteiger partial charge in [-0.3, -0.25) is 0 Å². The fourth-order valence-corrected chi connectivity index (χ4v) is 2.25. The zero-order chi connectivity index (χ0) is 14.0. The molecule has 2 unspecified atom stereocenters. The third kappa shape index (κ3) is 2.66. The van der Waals surface area contributed by atoms with Crippen LogP contribution in [0.2, 0.25) is 0 Å². The first-order valence-corrected chi connectivity index (χ1v) is 6.34. The minimum atomic E-state index is -0.429. The highest BCUT2D eigenvalue weighted by Crippen LogP contribution is 2.30. The van der Waals surface area contributed by atoms with Crippen molar-refractivity contribution in [3.8, 4) is 0 Å². The van der Waals surface area contributed by atoms with Crippen LogP contribution in [0.4, 0.5) is 11.4 Å². The van der Waals surface area contributed by atoms with Gasteiger partial charge >= 0.3 is 5.97 Å². The monoisotopic (exact) mass is 264 g/mol. The lowest BCUT2D eigenvalue weighted by atomic mass is 9.94. The molecule has 2 atom stereocenters. The number of carbonyl (C=O) groups excluding carboxylic acids is 1. The fraction of sp³-hybridized carbons (Fsp3) is 0.500. The van der Waals surface area contributed by atoms with E-state index in [1.54, 1.807) is 12.1 Å². The molecule has 5 heteroatoms. The molecule has 1 saturated heterocycles. The van der Waals surface area contributed by atoms with Gasteiger partial charge in [-0.25, -0.2) is 4.79 Å². The van der Waals surface area contributed by atoms with E-state index in [9.17, 15) is 4.79 Å². The van der Waals surface area contributed by atoms with Crippen LogP contribution < -0.4 is 11.1 Å². The molecule has 0 radical (unpaired) electrons. The Labute approximate surface area is 113 Å². The molecule has 19 heavy (non-hydrogen) atoms. The molecule has 0 bridgehead atoms. The van der Waals surface area contributed by atoms with Gasteiger partial charge in [0.05, 0.1) is 24.3 Å². The zero-order valence-corrected chi connectivity index (χ0v) is 11.5. The van der Waals surface area contributed by atoms with Crippen LogP contribution in [0.15, 0.2) is 18.2 Å². The van der Waals surface area contributed by atoms with E-state index >= 15 is 0 Å². The van der Waals surface area contributed by atoms with Crippen molar-refractivity contribution in [2.75, 3.05) is 24.8 Å². The number of methoxy groups -OCH3 is 1. The van der Waals surface area contributed by atoms with Crippen LogP contribution in [-0.2, 0) is 9.47 Å². The van der Waals surface area contributed by atoms with Gasteiger partial charge in [0, 0.05) is 18.0 Å². The third-order valence-electron chi connectivity index (χ3n) is 3.77. The van der Waals surface area contributed by atoms with Crippen LogP contribution in [0.3, 0.4) is 0 Å². The van der Waals surface area contributed by atoms with E-state index in [-0.39, 0.29) is 11.6 Å². The lowest BCUT2D eigenvalue weighted by Crippen LogP contribution is -2.41. The van der Waals surface area contributed by atoms with Crippen molar-refractivity contribution in [2.45, 2.75) is 31.9 Å². The molecule has 5 nitrogen and oxygen atoms in total. The van der Waals surface area contributed by atoms with E-state index in [1.165, 1.54) is 7.11 Å². The first-order valence-electron chi connectivity index (χ1n) is 6.34. The van der Waals surface area contributed by atoms with Gasteiger partial charge in [0.1, 0.15) is 0 Å². The zero-order valence-electron chi connectivity index (χ0n) is 11.5. The van der Waals surface area contributed by atoms with Gasteiger partial charge in [0.15, 0.2) is 0 Å². The summed E-state index contributed by atoms with van der Waals surface area (Å²) in [7, 11) is 1.34. The van der Waals surface area contributed by atoms with E-state index in [0.29, 0.717) is 11.3 Å². The summed E-state index contributed by atoms with van der Waals surface area (Å²) in [6, 6.07) is 5.29. The highest BCUT2D eigenvalue weighted by atomic mass is 16.5. The maximum Gasteiger partial charge on any atom is 0.340 e. The number of esters is 1. The van der Waals surface area contributed by atoms with E-state index < -0.39 is 5.97 Å². The SMILES string of the molecule is COC(=O)c1cc(NC2(C)CCOC2C)ccc1N. The average Bonchev–Trinajstić information content (AvgIpc) is 2.71. The van der Waals surface area contributed by atoms with Crippen LogP contribution >= 0.6 is 0 Å². The van der Waals surface area contributed by atoms with Crippen molar-refractivity contribution < 1.29 is 14.3 Å². The summed E-state index contributed by atoms with van der Waals surface area (Å²) in [5, 5.41) is 3.43. The van der Waals surface area contributed by atoms with Crippen LogP contribution in [0.25, 0.3) is 0 Å². The second-order valence-electron chi connectivity index (χ2n) is 5.10.